The van der Waals surface area contributed by atoms with Crippen molar-refractivity contribution < 1.29 is 9.59 Å². The second-order valence-corrected chi connectivity index (χ2v) is 1.16. The van der Waals surface area contributed by atoms with Crippen LogP contribution in [0.15, 0.2) is 0 Å². The number of hydrogen-bond acceptors (Lipinski definition) is 2. The van der Waals surface area contributed by atoms with Crippen LogP contribution in [0.2, 0.25) is 0 Å². The molecule has 0 atom stereocenters. The molecule has 0 spiro atoms. The molecular formula is C4H7N2O2. The Labute approximate surface area is 47.0 Å². The first kappa shape index (κ1) is 6.94. The summed E-state index contributed by atoms with van der Waals surface area (Å²) in [5.41, 5.74) is 4.61. The summed E-state index contributed by atoms with van der Waals surface area (Å²) < 4.78 is 0. The smallest absolute Gasteiger partial charge is 0.233 e. The zero-order chi connectivity index (χ0) is 6.57. The van der Waals surface area contributed by atoms with Gasteiger partial charge in [0.25, 0.3) is 0 Å². The van der Waals surface area contributed by atoms with E-state index in [9.17, 15) is 9.59 Å². The topological polar surface area (TPSA) is 72.2 Å². The summed E-state index contributed by atoms with van der Waals surface area (Å²) in [7, 11) is 1.42. The first-order valence-corrected chi connectivity index (χ1v) is 2.02. The van der Waals surface area contributed by atoms with Crippen LogP contribution in [0.4, 0.5) is 0 Å². The van der Waals surface area contributed by atoms with Crippen LogP contribution in [-0.2, 0) is 9.59 Å². The summed E-state index contributed by atoms with van der Waals surface area (Å²) in [6.45, 7) is 0. The normalized spacial score (nSPS) is 8.12. The van der Waals surface area contributed by atoms with E-state index in [2.05, 4.69) is 11.1 Å². The molecule has 0 aliphatic carbocycles. The molecule has 0 aromatic carbocycles. The second kappa shape index (κ2) is 3.01. The van der Waals surface area contributed by atoms with E-state index in [-0.39, 0.29) is 0 Å². The van der Waals surface area contributed by atoms with Gasteiger partial charge in [0.15, 0.2) is 0 Å². The minimum absolute atomic E-state index is 0.475. The van der Waals surface area contributed by atoms with Gasteiger partial charge in [-0.15, -0.1) is 0 Å². The van der Waals surface area contributed by atoms with Crippen LogP contribution < -0.4 is 11.1 Å². The molecule has 0 saturated carbocycles. The maximum absolute atomic E-state index is 10.2. The maximum atomic E-state index is 10.2. The van der Waals surface area contributed by atoms with Gasteiger partial charge in [-0.2, -0.15) is 0 Å². The minimum Gasteiger partial charge on any atom is -0.369 e. The van der Waals surface area contributed by atoms with Gasteiger partial charge < -0.3 is 11.1 Å². The monoisotopic (exact) mass is 115 g/mol. The van der Waals surface area contributed by atoms with E-state index in [1.807, 2.05) is 0 Å². The largest absolute Gasteiger partial charge is 0.369 e. The summed E-state index contributed by atoms with van der Waals surface area (Å²) in [5, 5.41) is 2.20. The van der Waals surface area contributed by atoms with Gasteiger partial charge in [-0.05, 0) is 0 Å². The molecule has 3 N–H and O–H groups in total. The molecule has 1 radical (unpaired) electrons. The molecule has 4 heteroatoms. The molecule has 0 aromatic rings. The van der Waals surface area contributed by atoms with Crippen molar-refractivity contribution >= 4 is 11.8 Å². The van der Waals surface area contributed by atoms with Crippen molar-refractivity contribution in [1.29, 1.82) is 0 Å². The fourth-order valence-electron chi connectivity index (χ4n) is 0.201. The van der Waals surface area contributed by atoms with Crippen LogP contribution in [0.3, 0.4) is 0 Å². The first-order valence-electron chi connectivity index (χ1n) is 2.02. The van der Waals surface area contributed by atoms with Crippen LogP contribution in [0.25, 0.3) is 0 Å². The third kappa shape index (κ3) is 3.14. The number of rotatable bonds is 2. The van der Waals surface area contributed by atoms with E-state index in [0.717, 1.165) is 6.42 Å². The molecule has 0 aliphatic rings. The Balaban J connectivity index is 3.40. The van der Waals surface area contributed by atoms with Gasteiger partial charge in [0, 0.05) is 7.05 Å². The van der Waals surface area contributed by atoms with Gasteiger partial charge in [-0.25, -0.2) is 0 Å². The zero-order valence-electron chi connectivity index (χ0n) is 4.47. The molecule has 0 aliphatic heterocycles. The Bertz CT molecular complexity index is 111. The van der Waals surface area contributed by atoms with E-state index < -0.39 is 11.8 Å². The van der Waals surface area contributed by atoms with Gasteiger partial charge in [0.05, 0.1) is 0 Å². The summed E-state index contributed by atoms with van der Waals surface area (Å²) in [6, 6.07) is 0. The number of carbonyl (C=O) groups excluding carboxylic acids is 2. The SMILES string of the molecule is CNC(=O)[CH]C(N)=O. The lowest BCUT2D eigenvalue weighted by molar-refractivity contribution is -0.122. The number of carbonyl (C=O) groups is 2. The molecular weight excluding hydrogens is 108 g/mol. The van der Waals surface area contributed by atoms with Gasteiger partial charge in [0.1, 0.15) is 6.42 Å². The molecule has 0 saturated heterocycles. The van der Waals surface area contributed by atoms with Crippen LogP contribution in [0.5, 0.6) is 0 Å². The van der Waals surface area contributed by atoms with Crippen molar-refractivity contribution in [2.45, 2.75) is 0 Å². The number of nitrogens with one attached hydrogen (secondary N) is 1. The number of primary amides is 1. The molecule has 0 aromatic heterocycles. The van der Waals surface area contributed by atoms with Crippen LogP contribution in [0, 0.1) is 6.42 Å². The van der Waals surface area contributed by atoms with Crippen molar-refractivity contribution in [1.82, 2.24) is 5.32 Å². The van der Waals surface area contributed by atoms with E-state index in [4.69, 9.17) is 0 Å². The first-order chi connectivity index (χ1) is 3.66. The molecule has 0 fully saturated rings. The number of hydrogen-bond donors (Lipinski definition) is 2. The molecule has 0 unspecified atom stereocenters. The predicted octanol–water partition coefficient (Wildman–Crippen LogP) is -1.58. The Morgan fingerprint density at radius 3 is 2.25 bits per heavy atom. The average molecular weight is 115 g/mol. The van der Waals surface area contributed by atoms with E-state index in [0.29, 0.717) is 0 Å². The average Bonchev–Trinajstić information content (AvgIpc) is 1.65. The number of nitrogens with two attached hydrogens (primary N) is 1. The molecule has 0 rings (SSSR count). The number of amides is 2. The summed E-state index contributed by atoms with van der Waals surface area (Å²) in [5.74, 6) is -1.21. The van der Waals surface area contributed by atoms with Gasteiger partial charge >= 0.3 is 0 Å². The lowest BCUT2D eigenvalue weighted by atomic mass is 10.4. The van der Waals surface area contributed by atoms with Crippen LogP contribution in [0.1, 0.15) is 0 Å². The Morgan fingerprint density at radius 1 is 1.62 bits per heavy atom. The highest BCUT2D eigenvalue weighted by atomic mass is 16.2. The maximum Gasteiger partial charge on any atom is 0.233 e. The third-order valence-corrected chi connectivity index (χ3v) is 0.520. The lowest BCUT2D eigenvalue weighted by Crippen LogP contribution is -2.25. The van der Waals surface area contributed by atoms with Gasteiger partial charge in [-0.1, -0.05) is 0 Å². The Kier molecular flexibility index (Phi) is 2.61. The van der Waals surface area contributed by atoms with Gasteiger partial charge in [-0.3, -0.25) is 9.59 Å². The quantitative estimate of drug-likeness (QED) is 0.426. The fraction of sp³-hybridized carbons (Fsp3) is 0.250. The van der Waals surface area contributed by atoms with Crippen molar-refractivity contribution in [3.05, 3.63) is 6.42 Å². The van der Waals surface area contributed by atoms with E-state index in [1.54, 1.807) is 0 Å². The van der Waals surface area contributed by atoms with E-state index in [1.165, 1.54) is 7.05 Å². The highest BCUT2D eigenvalue weighted by molar-refractivity contribution is 6.07. The summed E-state index contributed by atoms with van der Waals surface area (Å²) in [4.78, 5) is 20.0. The van der Waals surface area contributed by atoms with Crippen molar-refractivity contribution in [2.75, 3.05) is 7.05 Å². The van der Waals surface area contributed by atoms with Crippen LogP contribution >= 0.6 is 0 Å². The highest BCUT2D eigenvalue weighted by Gasteiger charge is 2.01. The van der Waals surface area contributed by atoms with E-state index >= 15 is 0 Å². The minimum atomic E-state index is -0.732. The summed E-state index contributed by atoms with van der Waals surface area (Å²) >= 11 is 0. The Hall–Kier alpha value is -1.06. The predicted molar refractivity (Wildman–Crippen MR) is 27.6 cm³/mol. The molecule has 0 bridgehead atoms. The van der Waals surface area contributed by atoms with Crippen molar-refractivity contribution in [3.8, 4) is 0 Å². The molecule has 4 nitrogen and oxygen atoms in total. The lowest BCUT2D eigenvalue weighted by Gasteiger charge is -1.90. The molecule has 45 valence electrons. The molecule has 2 amide bonds. The molecule has 0 heterocycles. The van der Waals surface area contributed by atoms with Crippen molar-refractivity contribution in [3.63, 3.8) is 0 Å². The highest BCUT2D eigenvalue weighted by Crippen LogP contribution is 1.69. The zero-order valence-corrected chi connectivity index (χ0v) is 4.47. The van der Waals surface area contributed by atoms with Crippen LogP contribution in [-0.4, -0.2) is 18.9 Å². The Morgan fingerprint density at radius 2 is 2.12 bits per heavy atom. The second-order valence-electron chi connectivity index (χ2n) is 1.16. The standard InChI is InChI=1S/C4H7N2O2/c1-6-4(8)2-3(5)7/h2H,1H3,(H2,5,7)(H,6,8). The molecule has 8 heavy (non-hydrogen) atoms. The van der Waals surface area contributed by atoms with Gasteiger partial charge in [0.2, 0.25) is 11.8 Å². The fourth-order valence-corrected chi connectivity index (χ4v) is 0.201. The summed E-state index contributed by atoms with van der Waals surface area (Å²) in [6.07, 6.45) is 0.778. The third-order valence-electron chi connectivity index (χ3n) is 0.520. The van der Waals surface area contributed by atoms with Crippen molar-refractivity contribution in [2.24, 2.45) is 5.73 Å².